The number of aliphatic hydroxyl groups excluding tert-OH is 2. The number of carbonyl (C=O) groups is 2. The number of hydrogen-bond donors (Lipinski definition) is 3. The molecule has 0 fully saturated rings. The molecule has 2 unspecified atom stereocenters. The van der Waals surface area contributed by atoms with Gasteiger partial charge in [-0.1, -0.05) is 238 Å². The van der Waals surface area contributed by atoms with Crippen LogP contribution >= 0.6 is 0 Å². The third kappa shape index (κ3) is 45.9. The minimum atomic E-state index is -0.676. The molecule has 0 saturated carbocycles. The average molecular weight is 834 g/mol. The highest BCUT2D eigenvalue weighted by atomic mass is 16.5. The van der Waals surface area contributed by atoms with Gasteiger partial charge in [0.15, 0.2) is 0 Å². The van der Waals surface area contributed by atoms with Gasteiger partial charge >= 0.3 is 5.97 Å². The number of esters is 1. The molecule has 0 aliphatic heterocycles. The molecule has 0 bridgehead atoms. The van der Waals surface area contributed by atoms with Crippen LogP contribution in [0.3, 0.4) is 0 Å². The summed E-state index contributed by atoms with van der Waals surface area (Å²) >= 11 is 0. The molecule has 2 atom stereocenters. The Labute approximate surface area is 368 Å². The van der Waals surface area contributed by atoms with Crippen molar-refractivity contribution in [1.29, 1.82) is 0 Å². The van der Waals surface area contributed by atoms with Crippen LogP contribution in [0.25, 0.3) is 0 Å². The van der Waals surface area contributed by atoms with E-state index < -0.39 is 12.1 Å². The molecule has 0 aromatic heterocycles. The predicted molar refractivity (Wildman–Crippen MR) is 255 cm³/mol. The fraction of sp³-hybridized carbons (Fsp3) is 0.925. The fourth-order valence-corrected chi connectivity index (χ4v) is 8.22. The third-order valence-electron chi connectivity index (χ3n) is 12.3. The van der Waals surface area contributed by atoms with E-state index in [1.165, 1.54) is 199 Å². The van der Waals surface area contributed by atoms with Gasteiger partial charge in [0.2, 0.25) is 5.91 Å². The largest absolute Gasteiger partial charge is 0.466 e. The van der Waals surface area contributed by atoms with Crippen molar-refractivity contribution >= 4 is 11.9 Å². The zero-order valence-electron chi connectivity index (χ0n) is 39.7. The molecule has 350 valence electrons. The van der Waals surface area contributed by atoms with Crippen LogP contribution in [0, 0.1) is 0 Å². The van der Waals surface area contributed by atoms with E-state index in [4.69, 9.17) is 4.74 Å². The average Bonchev–Trinajstić information content (AvgIpc) is 3.24. The van der Waals surface area contributed by atoms with Crippen molar-refractivity contribution in [2.24, 2.45) is 0 Å². The summed E-state index contributed by atoms with van der Waals surface area (Å²) in [7, 11) is 0. The molecule has 3 N–H and O–H groups in total. The molecule has 0 heterocycles. The summed E-state index contributed by atoms with van der Waals surface area (Å²) in [5, 5.41) is 23.2. The second kappa shape index (κ2) is 49.3. The lowest BCUT2D eigenvalue weighted by molar-refractivity contribution is -0.143. The Balaban J connectivity index is 3.46. The molecule has 0 spiro atoms. The Morgan fingerprint density at radius 1 is 0.458 bits per heavy atom. The smallest absolute Gasteiger partial charge is 0.305 e. The van der Waals surface area contributed by atoms with Crippen molar-refractivity contribution in [1.82, 2.24) is 5.32 Å². The van der Waals surface area contributed by atoms with E-state index in [2.05, 4.69) is 31.3 Å². The minimum Gasteiger partial charge on any atom is -0.466 e. The molecule has 6 nitrogen and oxygen atoms in total. The van der Waals surface area contributed by atoms with Crippen LogP contribution in [0.15, 0.2) is 12.2 Å². The number of nitrogens with one attached hydrogen (secondary N) is 1. The van der Waals surface area contributed by atoms with Crippen LogP contribution in [-0.4, -0.2) is 47.4 Å². The SMILES string of the molecule is CCCCCCCCC/C=C\CCCCCCCC(=O)OCCCCCCCCCCCCCC(=O)NC(CO)C(O)CCCCCCCCCCCCCCCCC. The summed E-state index contributed by atoms with van der Waals surface area (Å²) in [6, 6.07) is -0.555. The molecule has 0 aliphatic carbocycles. The summed E-state index contributed by atoms with van der Waals surface area (Å²) < 4.78 is 5.46. The number of carbonyl (C=O) groups excluding carboxylic acids is 2. The van der Waals surface area contributed by atoms with E-state index in [9.17, 15) is 19.8 Å². The van der Waals surface area contributed by atoms with Crippen molar-refractivity contribution in [3.05, 3.63) is 12.2 Å². The van der Waals surface area contributed by atoms with Crippen molar-refractivity contribution < 1.29 is 24.5 Å². The first-order chi connectivity index (χ1) is 29.0. The Bertz CT molecular complexity index is 878. The summed E-state index contributed by atoms with van der Waals surface area (Å²) in [5.74, 6) is -0.0734. The maximum absolute atomic E-state index is 12.4. The molecule has 0 aromatic carbocycles. The lowest BCUT2D eigenvalue weighted by Crippen LogP contribution is -2.45. The number of aliphatic hydroxyl groups is 2. The van der Waals surface area contributed by atoms with Crippen LogP contribution in [0.2, 0.25) is 0 Å². The van der Waals surface area contributed by atoms with Crippen LogP contribution in [0.4, 0.5) is 0 Å². The van der Waals surface area contributed by atoms with Crippen LogP contribution in [0.1, 0.15) is 290 Å². The van der Waals surface area contributed by atoms with Gasteiger partial charge in [-0.05, 0) is 51.4 Å². The normalized spacial score (nSPS) is 12.7. The lowest BCUT2D eigenvalue weighted by atomic mass is 10.0. The molecule has 59 heavy (non-hydrogen) atoms. The van der Waals surface area contributed by atoms with Gasteiger partial charge in [-0.3, -0.25) is 9.59 Å². The maximum Gasteiger partial charge on any atom is 0.305 e. The van der Waals surface area contributed by atoms with E-state index in [1.807, 2.05) is 0 Å². The van der Waals surface area contributed by atoms with Gasteiger partial charge in [-0.25, -0.2) is 0 Å². The van der Waals surface area contributed by atoms with Crippen molar-refractivity contribution in [3.63, 3.8) is 0 Å². The summed E-state index contributed by atoms with van der Waals surface area (Å²) in [6.07, 6.45) is 56.0. The first kappa shape index (κ1) is 57.6. The van der Waals surface area contributed by atoms with E-state index in [-0.39, 0.29) is 18.5 Å². The van der Waals surface area contributed by atoms with Crippen molar-refractivity contribution in [3.8, 4) is 0 Å². The second-order valence-corrected chi connectivity index (χ2v) is 18.2. The van der Waals surface area contributed by atoms with Gasteiger partial charge < -0.3 is 20.3 Å². The minimum absolute atomic E-state index is 0.0205. The molecule has 6 heteroatoms. The molecule has 0 aliphatic rings. The summed E-state index contributed by atoms with van der Waals surface area (Å²) in [6.45, 7) is 4.91. The third-order valence-corrected chi connectivity index (χ3v) is 12.3. The number of amides is 1. The Morgan fingerprint density at radius 2 is 0.797 bits per heavy atom. The van der Waals surface area contributed by atoms with E-state index in [0.29, 0.717) is 25.9 Å². The molecule has 0 rings (SSSR count). The summed E-state index contributed by atoms with van der Waals surface area (Å²) in [5.41, 5.74) is 0. The van der Waals surface area contributed by atoms with Gasteiger partial charge in [-0.15, -0.1) is 0 Å². The summed E-state index contributed by atoms with van der Waals surface area (Å²) in [4.78, 5) is 24.5. The maximum atomic E-state index is 12.4. The lowest BCUT2D eigenvalue weighted by Gasteiger charge is -2.22. The van der Waals surface area contributed by atoms with E-state index in [1.54, 1.807) is 0 Å². The fourth-order valence-electron chi connectivity index (χ4n) is 8.22. The monoisotopic (exact) mass is 834 g/mol. The zero-order valence-corrected chi connectivity index (χ0v) is 39.7. The quantitative estimate of drug-likeness (QED) is 0.0322. The van der Waals surface area contributed by atoms with Gasteiger partial charge in [0.25, 0.3) is 0 Å². The van der Waals surface area contributed by atoms with Crippen LogP contribution in [-0.2, 0) is 14.3 Å². The Kier molecular flexibility index (Phi) is 48.1. The number of hydrogen-bond acceptors (Lipinski definition) is 5. The van der Waals surface area contributed by atoms with Gasteiger partial charge in [0.1, 0.15) is 0 Å². The van der Waals surface area contributed by atoms with Gasteiger partial charge in [0, 0.05) is 12.8 Å². The standard InChI is InChI=1S/C53H103NO5/c1-3-5-7-9-11-13-15-17-19-21-23-27-31-35-39-43-47-53(58)59-48-44-40-36-32-28-24-26-30-34-38-42-46-52(57)54-50(49-55)51(56)45-41-37-33-29-25-22-20-18-16-14-12-10-8-6-4-2/h19,21,50-51,55-56H,3-18,20,22-49H2,1-2H3,(H,54,57)/b21-19-. The first-order valence-corrected chi connectivity index (χ1v) is 26.4. The zero-order chi connectivity index (χ0) is 43.0. The topological polar surface area (TPSA) is 95.9 Å². The second-order valence-electron chi connectivity index (χ2n) is 18.2. The first-order valence-electron chi connectivity index (χ1n) is 26.4. The van der Waals surface area contributed by atoms with Crippen LogP contribution in [0.5, 0.6) is 0 Å². The predicted octanol–water partition coefficient (Wildman–Crippen LogP) is 15.7. The molecule has 0 saturated heterocycles. The molecule has 1 amide bonds. The highest BCUT2D eigenvalue weighted by molar-refractivity contribution is 5.76. The number of ether oxygens (including phenoxy) is 1. The van der Waals surface area contributed by atoms with Crippen LogP contribution < -0.4 is 5.32 Å². The molecular formula is C53H103NO5. The molecule has 0 radical (unpaired) electrons. The number of rotatable bonds is 49. The number of allylic oxidation sites excluding steroid dienone is 2. The molecular weight excluding hydrogens is 731 g/mol. The number of unbranched alkanes of at least 4 members (excludes halogenated alkanes) is 36. The highest BCUT2D eigenvalue weighted by Crippen LogP contribution is 2.17. The Hall–Kier alpha value is -1.40. The van der Waals surface area contributed by atoms with Gasteiger partial charge in [0.05, 0.1) is 25.4 Å². The van der Waals surface area contributed by atoms with E-state index >= 15 is 0 Å². The van der Waals surface area contributed by atoms with Gasteiger partial charge in [-0.2, -0.15) is 0 Å². The molecule has 0 aromatic rings. The van der Waals surface area contributed by atoms with Crippen molar-refractivity contribution in [2.45, 2.75) is 302 Å². The highest BCUT2D eigenvalue weighted by Gasteiger charge is 2.20. The Morgan fingerprint density at radius 3 is 1.20 bits per heavy atom. The van der Waals surface area contributed by atoms with Crippen molar-refractivity contribution in [2.75, 3.05) is 13.2 Å². The van der Waals surface area contributed by atoms with E-state index in [0.717, 1.165) is 57.8 Å².